The van der Waals surface area contributed by atoms with Crippen LogP contribution in [0.25, 0.3) is 0 Å². The largest absolute Gasteiger partial charge is 0.404 e. The summed E-state index contributed by atoms with van der Waals surface area (Å²) in [7, 11) is 0. The Labute approximate surface area is 225 Å². The van der Waals surface area contributed by atoms with Crippen molar-refractivity contribution >= 4 is 5.71 Å². The van der Waals surface area contributed by atoms with Gasteiger partial charge in [0.2, 0.25) is 0 Å². The Bertz CT molecular complexity index is 736. The van der Waals surface area contributed by atoms with Crippen molar-refractivity contribution in [2.45, 2.75) is 117 Å². The molecular weight excluding hydrogens is 470 g/mol. The minimum Gasteiger partial charge on any atom is -0.404 e. The summed E-state index contributed by atoms with van der Waals surface area (Å²) in [6, 6.07) is 0.173. The quantitative estimate of drug-likeness (QED) is 0.200. The maximum atomic E-state index is 13.3. The highest BCUT2D eigenvalue weighted by atomic mass is 19.3. The van der Waals surface area contributed by atoms with Crippen molar-refractivity contribution in [2.24, 2.45) is 16.5 Å². The second-order valence-electron chi connectivity index (χ2n) is 9.67. The van der Waals surface area contributed by atoms with Crippen molar-refractivity contribution in [3.05, 3.63) is 48.2 Å². The monoisotopic (exact) mass is 524 g/mol. The van der Waals surface area contributed by atoms with Gasteiger partial charge in [0.15, 0.2) is 0 Å². The number of alkyl halides is 2. The molecule has 0 aromatic rings. The number of hydrogen-bond donors (Lipinski definition) is 3. The summed E-state index contributed by atoms with van der Waals surface area (Å²) in [5.74, 6) is -2.47. The van der Waals surface area contributed by atoms with Gasteiger partial charge in [-0.3, -0.25) is 9.89 Å². The van der Waals surface area contributed by atoms with Gasteiger partial charge in [-0.05, 0) is 95.3 Å². The molecule has 1 saturated carbocycles. The second-order valence-corrected chi connectivity index (χ2v) is 9.67. The summed E-state index contributed by atoms with van der Waals surface area (Å²) in [5.41, 5.74) is 14.7. The zero-order chi connectivity index (χ0) is 28.3. The third kappa shape index (κ3) is 15.9. The molecule has 2 aliphatic rings. The Kier molecular flexibility index (Phi) is 19.2. The van der Waals surface area contributed by atoms with Gasteiger partial charge in [0, 0.05) is 37.2 Å². The minimum absolute atomic E-state index is 0.00197. The van der Waals surface area contributed by atoms with Gasteiger partial charge in [0.25, 0.3) is 5.92 Å². The second kappa shape index (κ2) is 20.2. The van der Waals surface area contributed by atoms with Crippen LogP contribution in [0, 0.1) is 0 Å². The molecule has 1 aliphatic heterocycles. The van der Waals surface area contributed by atoms with Crippen LogP contribution in [0.5, 0.6) is 0 Å². The van der Waals surface area contributed by atoms with E-state index in [1.54, 1.807) is 19.2 Å². The van der Waals surface area contributed by atoms with Crippen molar-refractivity contribution < 1.29 is 13.9 Å². The van der Waals surface area contributed by atoms with Gasteiger partial charge in [-0.2, -0.15) is 0 Å². The molecule has 0 saturated heterocycles. The van der Waals surface area contributed by atoms with Crippen LogP contribution < -0.4 is 11.5 Å². The first-order valence-electron chi connectivity index (χ1n) is 14.1. The van der Waals surface area contributed by atoms with E-state index in [9.17, 15) is 8.78 Å². The van der Waals surface area contributed by atoms with Crippen molar-refractivity contribution in [1.29, 1.82) is 0 Å². The molecule has 37 heavy (non-hydrogen) atoms. The molecule has 7 heteroatoms. The molecule has 5 nitrogen and oxygen atoms in total. The number of nitrogens with two attached hydrogens (primary N) is 2. The number of halogens is 2. The Morgan fingerprint density at radius 2 is 1.95 bits per heavy atom. The number of allylic oxidation sites excluding steroid dienone is 4. The van der Waals surface area contributed by atoms with Crippen LogP contribution in [0.4, 0.5) is 8.78 Å². The van der Waals surface area contributed by atoms with Crippen LogP contribution in [0.2, 0.25) is 0 Å². The van der Waals surface area contributed by atoms with Crippen LogP contribution in [-0.4, -0.2) is 59.5 Å². The molecule has 1 heterocycles. The zero-order valence-electron chi connectivity index (χ0n) is 24.1. The summed E-state index contributed by atoms with van der Waals surface area (Å²) < 4.78 is 26.6. The number of aliphatic imine (C=N–C) groups is 1. The van der Waals surface area contributed by atoms with E-state index in [-0.39, 0.29) is 24.9 Å². The summed E-state index contributed by atoms with van der Waals surface area (Å²) >= 11 is 0. The van der Waals surface area contributed by atoms with Crippen LogP contribution in [0.15, 0.2) is 53.2 Å². The number of rotatable bonds is 12. The lowest BCUT2D eigenvalue weighted by atomic mass is 9.86. The van der Waals surface area contributed by atoms with Gasteiger partial charge in [0.05, 0.1) is 6.10 Å². The Balaban J connectivity index is 0.00000111. The van der Waals surface area contributed by atoms with Gasteiger partial charge in [-0.15, -0.1) is 0 Å². The molecular formula is C30H54F2N4O. The zero-order valence-corrected chi connectivity index (χ0v) is 24.1. The number of aliphatic hydroxyl groups is 1. The van der Waals surface area contributed by atoms with Crippen LogP contribution in [0.1, 0.15) is 92.4 Å². The number of aliphatic hydroxyl groups excluding tert-OH is 1. The van der Waals surface area contributed by atoms with Crippen molar-refractivity contribution in [2.75, 3.05) is 19.6 Å². The van der Waals surface area contributed by atoms with Crippen molar-refractivity contribution in [1.82, 2.24) is 4.90 Å². The summed E-state index contributed by atoms with van der Waals surface area (Å²) in [6.07, 6.45) is 15.8. The molecule has 0 spiro atoms. The van der Waals surface area contributed by atoms with E-state index in [1.807, 2.05) is 26.8 Å². The van der Waals surface area contributed by atoms with Gasteiger partial charge >= 0.3 is 0 Å². The molecule has 2 unspecified atom stereocenters. The molecule has 2 atom stereocenters. The Morgan fingerprint density at radius 3 is 2.46 bits per heavy atom. The summed E-state index contributed by atoms with van der Waals surface area (Å²) in [6.45, 7) is 15.8. The minimum atomic E-state index is -2.47. The maximum absolute atomic E-state index is 13.3. The topological polar surface area (TPSA) is 87.9 Å². The molecule has 0 aromatic carbocycles. The molecule has 0 radical (unpaired) electrons. The average Bonchev–Trinajstić information content (AvgIpc) is 2.85. The fraction of sp³-hybridized carbons (Fsp3) is 0.700. The Hall–Kier alpha value is -1.83. The SMILES string of the molecule is C=C(/C=C\C)C(C)O.CC.CCC(N)CCN(CCCCC1=NCCCC(=C\N)/C=C\1)C1CC(F)(F)C1. The van der Waals surface area contributed by atoms with Crippen LogP contribution in [-0.2, 0) is 0 Å². The van der Waals surface area contributed by atoms with E-state index in [1.165, 1.54) is 0 Å². The maximum Gasteiger partial charge on any atom is 0.251 e. The smallest absolute Gasteiger partial charge is 0.251 e. The predicted molar refractivity (Wildman–Crippen MR) is 156 cm³/mol. The fourth-order valence-electron chi connectivity index (χ4n) is 4.02. The molecule has 2 rings (SSSR count). The Morgan fingerprint density at radius 1 is 1.27 bits per heavy atom. The van der Waals surface area contributed by atoms with E-state index in [4.69, 9.17) is 16.6 Å². The lowest BCUT2D eigenvalue weighted by Gasteiger charge is -2.43. The first kappa shape index (κ1) is 35.2. The van der Waals surface area contributed by atoms with E-state index in [2.05, 4.69) is 35.5 Å². The number of hydrogen-bond acceptors (Lipinski definition) is 5. The van der Waals surface area contributed by atoms with Crippen molar-refractivity contribution in [3.8, 4) is 0 Å². The highest BCUT2D eigenvalue weighted by Gasteiger charge is 2.47. The van der Waals surface area contributed by atoms with Crippen LogP contribution >= 0.6 is 0 Å². The third-order valence-electron chi connectivity index (χ3n) is 6.58. The molecule has 0 aromatic heterocycles. The van der Waals surface area contributed by atoms with Gasteiger partial charge in [0.1, 0.15) is 0 Å². The highest BCUT2D eigenvalue weighted by Crippen LogP contribution is 2.40. The van der Waals surface area contributed by atoms with Gasteiger partial charge in [-0.1, -0.05) is 45.6 Å². The molecule has 214 valence electrons. The predicted octanol–water partition coefficient (Wildman–Crippen LogP) is 6.54. The van der Waals surface area contributed by atoms with E-state index in [0.29, 0.717) is 0 Å². The molecule has 1 aliphatic carbocycles. The summed E-state index contributed by atoms with van der Waals surface area (Å²) in [4.78, 5) is 6.89. The number of nitrogens with zero attached hydrogens (tertiary/aromatic N) is 2. The fourth-order valence-corrected chi connectivity index (χ4v) is 4.02. The standard InChI is InChI=1S/C21H36F2N4.C7H12O.C2H6/c1-2-18(25)10-13-27(20-14-21(22,23)15-20)12-4-3-7-19-9-8-17(16-24)6-5-11-26-19;1-4-5-6(2)7(3)8;1-2/h8-9,16,18,20H,2-7,10-15,24-25H2,1H3;4-5,7-8H,2H2,1,3H3;1-2H3/b9-8-,17-16+,26-19?;5-4-;. The molecule has 0 amide bonds. The van der Waals surface area contributed by atoms with Crippen molar-refractivity contribution in [3.63, 3.8) is 0 Å². The number of unbranched alkanes of at least 4 members (excludes halogenated alkanes) is 1. The third-order valence-corrected chi connectivity index (χ3v) is 6.58. The van der Waals surface area contributed by atoms with E-state index < -0.39 is 12.0 Å². The first-order valence-corrected chi connectivity index (χ1v) is 14.1. The normalized spacial score (nSPS) is 20.9. The van der Waals surface area contributed by atoms with Crippen LogP contribution in [0.3, 0.4) is 0 Å². The van der Waals surface area contributed by atoms with E-state index >= 15 is 0 Å². The molecule has 5 N–H and O–H groups in total. The molecule has 0 bridgehead atoms. The van der Waals surface area contributed by atoms with Gasteiger partial charge < -0.3 is 16.6 Å². The lowest BCUT2D eigenvalue weighted by molar-refractivity contribution is -0.124. The van der Waals surface area contributed by atoms with E-state index in [0.717, 1.165) is 81.4 Å². The average molecular weight is 525 g/mol. The lowest BCUT2D eigenvalue weighted by Crippen LogP contribution is -2.51. The first-order chi connectivity index (χ1) is 17.6. The highest BCUT2D eigenvalue weighted by molar-refractivity contribution is 5.95. The van der Waals surface area contributed by atoms with Gasteiger partial charge in [-0.25, -0.2) is 8.78 Å². The molecule has 1 fully saturated rings. The summed E-state index contributed by atoms with van der Waals surface area (Å²) in [5, 5.41) is 8.80.